The molecule has 0 radical (unpaired) electrons. The van der Waals surface area contributed by atoms with Crippen LogP contribution in [0.15, 0.2) is 59.6 Å². The molecule has 1 aromatic carbocycles. The van der Waals surface area contributed by atoms with E-state index < -0.39 is 0 Å². The van der Waals surface area contributed by atoms with Gasteiger partial charge < -0.3 is 9.73 Å². The minimum atomic E-state index is -0.216. The van der Waals surface area contributed by atoms with Crippen LogP contribution in [-0.4, -0.2) is 27.0 Å². The molecule has 0 saturated carbocycles. The Bertz CT molecular complexity index is 1120. The van der Waals surface area contributed by atoms with Crippen molar-refractivity contribution in [2.45, 2.75) is 12.8 Å². The predicted octanol–water partition coefficient (Wildman–Crippen LogP) is 4.19. The molecule has 8 heteroatoms. The Morgan fingerprint density at radius 3 is 2.82 bits per heavy atom. The van der Waals surface area contributed by atoms with E-state index in [9.17, 15) is 4.79 Å². The molecule has 1 N–H and O–H groups in total. The van der Waals surface area contributed by atoms with E-state index in [2.05, 4.69) is 15.4 Å². The van der Waals surface area contributed by atoms with Crippen LogP contribution in [0, 0.1) is 0 Å². The monoisotopic (exact) mass is 414 g/mol. The molecule has 0 bridgehead atoms. The number of hydrogen-bond donors (Lipinski definition) is 1. The highest BCUT2D eigenvalue weighted by molar-refractivity contribution is 6.42. The first-order chi connectivity index (χ1) is 13.6. The number of hydrogen-bond acceptors (Lipinski definition) is 4. The summed E-state index contributed by atoms with van der Waals surface area (Å²) >= 11 is 12.0. The summed E-state index contributed by atoms with van der Waals surface area (Å²) in [6.45, 7) is 0.471. The van der Waals surface area contributed by atoms with Crippen molar-refractivity contribution < 1.29 is 9.21 Å². The van der Waals surface area contributed by atoms with Gasteiger partial charge in [-0.1, -0.05) is 29.3 Å². The lowest BCUT2D eigenvalue weighted by Crippen LogP contribution is -2.25. The van der Waals surface area contributed by atoms with Gasteiger partial charge in [0.15, 0.2) is 5.65 Å². The lowest BCUT2D eigenvalue weighted by atomic mass is 10.1. The molecule has 0 unspecified atom stereocenters. The molecule has 0 aliphatic carbocycles. The van der Waals surface area contributed by atoms with Gasteiger partial charge in [-0.15, -0.1) is 0 Å². The molecule has 0 fully saturated rings. The molecule has 3 heterocycles. The van der Waals surface area contributed by atoms with E-state index in [0.717, 1.165) is 16.9 Å². The summed E-state index contributed by atoms with van der Waals surface area (Å²) in [5.74, 6) is 0.608. The molecule has 0 saturated heterocycles. The van der Waals surface area contributed by atoms with E-state index in [1.165, 1.54) is 6.20 Å². The Hall–Kier alpha value is -2.83. The van der Waals surface area contributed by atoms with E-state index in [1.54, 1.807) is 23.0 Å². The topological polar surface area (TPSA) is 72.4 Å². The molecule has 1 amide bonds. The largest absolute Gasteiger partial charge is 0.469 e. The molecule has 4 rings (SSSR count). The molecular formula is C20H16Cl2N4O2. The molecular weight excluding hydrogens is 399 g/mol. The lowest BCUT2D eigenvalue weighted by Gasteiger charge is -2.05. The number of aromatic nitrogens is 3. The number of furan rings is 1. The number of nitrogens with zero attached hydrogens (tertiary/aromatic N) is 3. The van der Waals surface area contributed by atoms with Gasteiger partial charge in [-0.3, -0.25) is 4.79 Å². The smallest absolute Gasteiger partial charge is 0.256 e. The number of rotatable bonds is 6. The van der Waals surface area contributed by atoms with Gasteiger partial charge in [-0.25, -0.2) is 9.50 Å². The first kappa shape index (κ1) is 18.5. The number of amides is 1. The molecule has 142 valence electrons. The second-order valence-corrected chi connectivity index (χ2v) is 7.11. The Balaban J connectivity index is 1.46. The first-order valence-corrected chi connectivity index (χ1v) is 9.42. The molecule has 28 heavy (non-hydrogen) atoms. The minimum absolute atomic E-state index is 0.216. The van der Waals surface area contributed by atoms with Crippen molar-refractivity contribution in [2.75, 3.05) is 6.54 Å². The summed E-state index contributed by atoms with van der Waals surface area (Å²) in [4.78, 5) is 16.8. The highest BCUT2D eigenvalue weighted by atomic mass is 35.5. The fraction of sp³-hybridized carbons (Fsp3) is 0.150. The number of carbonyl (C=O) groups is 1. The van der Waals surface area contributed by atoms with Gasteiger partial charge in [0.1, 0.15) is 11.3 Å². The van der Waals surface area contributed by atoms with Crippen molar-refractivity contribution in [3.8, 4) is 0 Å². The minimum Gasteiger partial charge on any atom is -0.469 e. The van der Waals surface area contributed by atoms with E-state index >= 15 is 0 Å². The van der Waals surface area contributed by atoms with E-state index in [1.807, 2.05) is 30.5 Å². The summed E-state index contributed by atoms with van der Waals surface area (Å²) < 4.78 is 6.86. The van der Waals surface area contributed by atoms with Crippen LogP contribution in [0.4, 0.5) is 0 Å². The highest BCUT2D eigenvalue weighted by Crippen LogP contribution is 2.24. The van der Waals surface area contributed by atoms with Crippen LogP contribution in [0.2, 0.25) is 10.0 Å². The van der Waals surface area contributed by atoms with Crippen molar-refractivity contribution in [3.63, 3.8) is 0 Å². The molecule has 6 nitrogen and oxygen atoms in total. The van der Waals surface area contributed by atoms with Crippen LogP contribution in [0.5, 0.6) is 0 Å². The van der Waals surface area contributed by atoms with E-state index in [0.29, 0.717) is 40.6 Å². The second kappa shape index (κ2) is 8.04. The van der Waals surface area contributed by atoms with Crippen molar-refractivity contribution in [1.29, 1.82) is 0 Å². The number of benzene rings is 1. The van der Waals surface area contributed by atoms with Crippen molar-refractivity contribution in [1.82, 2.24) is 19.9 Å². The molecule has 4 aromatic rings. The average Bonchev–Trinajstić information content (AvgIpc) is 3.34. The first-order valence-electron chi connectivity index (χ1n) is 8.67. The van der Waals surface area contributed by atoms with Gasteiger partial charge in [0, 0.05) is 31.8 Å². The van der Waals surface area contributed by atoms with Gasteiger partial charge in [-0.2, -0.15) is 5.10 Å². The van der Waals surface area contributed by atoms with E-state index in [-0.39, 0.29) is 5.91 Å². The summed E-state index contributed by atoms with van der Waals surface area (Å²) in [7, 11) is 0. The molecule has 0 spiro atoms. The van der Waals surface area contributed by atoms with Crippen LogP contribution >= 0.6 is 23.2 Å². The van der Waals surface area contributed by atoms with Gasteiger partial charge in [0.25, 0.3) is 5.91 Å². The normalized spacial score (nSPS) is 11.1. The quantitative estimate of drug-likeness (QED) is 0.513. The third-order valence-electron chi connectivity index (χ3n) is 4.28. The van der Waals surface area contributed by atoms with Crippen molar-refractivity contribution in [2.24, 2.45) is 0 Å². The zero-order valence-corrected chi connectivity index (χ0v) is 16.2. The van der Waals surface area contributed by atoms with Gasteiger partial charge in [0.05, 0.1) is 22.5 Å². The number of nitrogens with one attached hydrogen (secondary N) is 1. The second-order valence-electron chi connectivity index (χ2n) is 6.30. The summed E-state index contributed by atoms with van der Waals surface area (Å²) in [5, 5.41) is 8.16. The predicted molar refractivity (Wildman–Crippen MR) is 107 cm³/mol. The third kappa shape index (κ3) is 4.03. The molecule has 0 atom stereocenters. The lowest BCUT2D eigenvalue weighted by molar-refractivity contribution is 0.0955. The van der Waals surface area contributed by atoms with Gasteiger partial charge in [0.2, 0.25) is 0 Å². The van der Waals surface area contributed by atoms with Crippen LogP contribution in [-0.2, 0) is 12.8 Å². The fourth-order valence-corrected chi connectivity index (χ4v) is 3.22. The zero-order valence-electron chi connectivity index (χ0n) is 14.7. The molecule has 3 aromatic heterocycles. The maximum Gasteiger partial charge on any atom is 0.256 e. The van der Waals surface area contributed by atoms with Gasteiger partial charge >= 0.3 is 0 Å². The van der Waals surface area contributed by atoms with Crippen molar-refractivity contribution >= 4 is 34.8 Å². The Morgan fingerprint density at radius 1 is 1.14 bits per heavy atom. The van der Waals surface area contributed by atoms with E-state index in [4.69, 9.17) is 27.6 Å². The van der Waals surface area contributed by atoms with Crippen LogP contribution in [0.1, 0.15) is 27.2 Å². The SMILES string of the molecule is O=C(NCCc1ccco1)c1cnn2cc(Cc3ccc(Cl)c(Cl)c3)cnc12. The summed E-state index contributed by atoms with van der Waals surface area (Å²) in [6.07, 6.45) is 7.97. The van der Waals surface area contributed by atoms with Crippen LogP contribution in [0.25, 0.3) is 5.65 Å². The summed E-state index contributed by atoms with van der Waals surface area (Å²) in [6, 6.07) is 9.21. The Morgan fingerprint density at radius 2 is 2.04 bits per heavy atom. The number of fused-ring (bicyclic) bond motifs is 1. The Labute approximate surface area is 171 Å². The number of halogens is 2. The maximum atomic E-state index is 12.4. The Kier molecular flexibility index (Phi) is 5.32. The zero-order chi connectivity index (χ0) is 19.5. The summed E-state index contributed by atoms with van der Waals surface area (Å²) in [5.41, 5.74) is 2.89. The maximum absolute atomic E-state index is 12.4. The van der Waals surface area contributed by atoms with Crippen molar-refractivity contribution in [3.05, 3.63) is 87.7 Å². The molecule has 0 aliphatic heterocycles. The standard InChI is InChI=1S/C20H16Cl2N4O2/c21-17-4-3-13(9-18(17)22)8-14-10-24-19-16(11-25-26(19)12-14)20(27)23-6-5-15-2-1-7-28-15/h1-4,7,9-12H,5-6,8H2,(H,23,27). The number of carbonyl (C=O) groups excluding carboxylic acids is 1. The highest BCUT2D eigenvalue weighted by Gasteiger charge is 2.14. The van der Waals surface area contributed by atoms with Crippen LogP contribution < -0.4 is 5.32 Å². The van der Waals surface area contributed by atoms with Gasteiger partial charge in [-0.05, 0) is 35.4 Å². The van der Waals surface area contributed by atoms with Crippen LogP contribution in [0.3, 0.4) is 0 Å². The average molecular weight is 415 g/mol. The molecule has 0 aliphatic rings. The fourth-order valence-electron chi connectivity index (χ4n) is 2.90. The third-order valence-corrected chi connectivity index (χ3v) is 5.02.